The molecule has 1 aliphatic rings. The number of imide groups is 1. The van der Waals surface area contributed by atoms with Crippen molar-refractivity contribution in [3.63, 3.8) is 0 Å². The quantitative estimate of drug-likeness (QED) is 0.700. The number of carbonyl (C=O) groups is 4. The Balaban J connectivity index is 1.77. The summed E-state index contributed by atoms with van der Waals surface area (Å²) in [6, 6.07) is 5.65. The Kier molecular flexibility index (Phi) is 6.50. The minimum absolute atomic E-state index is 0.0897. The Hall–Kier alpha value is -2.90. The Morgan fingerprint density at radius 1 is 1.16 bits per heavy atom. The maximum Gasteiger partial charge on any atom is 0.338 e. The summed E-state index contributed by atoms with van der Waals surface area (Å²) in [5.41, 5.74) is 0.636. The third-order valence-corrected chi connectivity index (χ3v) is 3.70. The number of urea groups is 1. The number of anilines is 1. The Labute approximate surface area is 145 Å². The van der Waals surface area contributed by atoms with E-state index in [2.05, 4.69) is 16.0 Å². The lowest BCUT2D eigenvalue weighted by Crippen LogP contribution is -2.44. The summed E-state index contributed by atoms with van der Waals surface area (Å²) in [6.45, 7) is 0.785. The predicted molar refractivity (Wildman–Crippen MR) is 90.0 cm³/mol. The molecular formula is C17H21N3O5. The summed E-state index contributed by atoms with van der Waals surface area (Å²) in [6.07, 6.45) is 3.94. The van der Waals surface area contributed by atoms with E-state index in [1.54, 1.807) is 12.1 Å². The summed E-state index contributed by atoms with van der Waals surface area (Å²) in [7, 11) is 0. The van der Waals surface area contributed by atoms with Crippen LogP contribution in [-0.4, -0.2) is 36.5 Å². The maximum absolute atomic E-state index is 11.9. The van der Waals surface area contributed by atoms with E-state index in [-0.39, 0.29) is 17.5 Å². The molecule has 25 heavy (non-hydrogen) atoms. The molecule has 0 heterocycles. The molecule has 0 bridgehead atoms. The lowest BCUT2D eigenvalue weighted by atomic mass is 10.2. The molecule has 0 atom stereocenters. The third kappa shape index (κ3) is 6.25. The van der Waals surface area contributed by atoms with Crippen LogP contribution in [0.3, 0.4) is 0 Å². The van der Waals surface area contributed by atoms with Crippen molar-refractivity contribution in [3.05, 3.63) is 29.8 Å². The molecule has 0 unspecified atom stereocenters. The normalized spacial score (nSPS) is 13.8. The Morgan fingerprint density at radius 2 is 1.88 bits per heavy atom. The van der Waals surface area contributed by atoms with Gasteiger partial charge < -0.3 is 15.4 Å². The van der Waals surface area contributed by atoms with Crippen LogP contribution in [-0.2, 0) is 14.3 Å². The fourth-order valence-electron chi connectivity index (χ4n) is 2.60. The van der Waals surface area contributed by atoms with Gasteiger partial charge in [0, 0.05) is 18.7 Å². The molecule has 2 rings (SSSR count). The van der Waals surface area contributed by atoms with E-state index in [4.69, 9.17) is 4.74 Å². The molecule has 4 amide bonds. The number of hydrogen-bond donors (Lipinski definition) is 3. The first-order valence-electron chi connectivity index (χ1n) is 8.09. The van der Waals surface area contributed by atoms with E-state index in [1.165, 1.54) is 19.1 Å². The monoisotopic (exact) mass is 347 g/mol. The van der Waals surface area contributed by atoms with Gasteiger partial charge in [-0.05, 0) is 31.0 Å². The summed E-state index contributed by atoms with van der Waals surface area (Å²) in [4.78, 5) is 46.3. The van der Waals surface area contributed by atoms with Crippen molar-refractivity contribution < 1.29 is 23.9 Å². The average molecular weight is 347 g/mol. The molecule has 1 aromatic carbocycles. The first-order chi connectivity index (χ1) is 11.9. The number of benzene rings is 1. The highest BCUT2D eigenvalue weighted by atomic mass is 16.5. The first kappa shape index (κ1) is 18.4. The summed E-state index contributed by atoms with van der Waals surface area (Å²) in [5, 5.41) is 7.38. The van der Waals surface area contributed by atoms with E-state index in [1.807, 2.05) is 0 Å². The highest BCUT2D eigenvalue weighted by Gasteiger charge is 2.19. The van der Waals surface area contributed by atoms with E-state index >= 15 is 0 Å². The SMILES string of the molecule is CC(=O)Nc1cccc(C(=O)OCC(=O)NC(=O)NC2CCCC2)c1. The number of carbonyl (C=O) groups excluding carboxylic acids is 4. The molecule has 1 saturated carbocycles. The fourth-order valence-corrected chi connectivity index (χ4v) is 2.60. The van der Waals surface area contributed by atoms with Gasteiger partial charge in [-0.3, -0.25) is 14.9 Å². The van der Waals surface area contributed by atoms with Crippen LogP contribution in [0.5, 0.6) is 0 Å². The van der Waals surface area contributed by atoms with Crippen molar-refractivity contribution in [3.8, 4) is 0 Å². The number of amides is 4. The van der Waals surface area contributed by atoms with E-state index in [9.17, 15) is 19.2 Å². The molecule has 1 fully saturated rings. The van der Waals surface area contributed by atoms with E-state index < -0.39 is 24.5 Å². The Morgan fingerprint density at radius 3 is 2.56 bits per heavy atom. The Bertz CT molecular complexity index is 668. The van der Waals surface area contributed by atoms with Crippen LogP contribution in [0.25, 0.3) is 0 Å². The molecule has 1 aromatic rings. The van der Waals surface area contributed by atoms with Crippen LogP contribution < -0.4 is 16.0 Å². The van der Waals surface area contributed by atoms with Crippen LogP contribution in [0.2, 0.25) is 0 Å². The number of nitrogens with one attached hydrogen (secondary N) is 3. The zero-order valence-electron chi connectivity index (χ0n) is 14.0. The zero-order valence-corrected chi connectivity index (χ0v) is 14.0. The third-order valence-electron chi connectivity index (χ3n) is 3.70. The summed E-state index contributed by atoms with van der Waals surface area (Å²) in [5.74, 6) is -1.70. The van der Waals surface area contributed by atoms with Crippen LogP contribution in [0.15, 0.2) is 24.3 Å². The van der Waals surface area contributed by atoms with Crippen molar-refractivity contribution in [2.24, 2.45) is 0 Å². The van der Waals surface area contributed by atoms with Gasteiger partial charge in [-0.2, -0.15) is 0 Å². The second-order valence-corrected chi connectivity index (χ2v) is 5.84. The van der Waals surface area contributed by atoms with E-state index in [0.717, 1.165) is 25.7 Å². The highest BCUT2D eigenvalue weighted by Crippen LogP contribution is 2.17. The van der Waals surface area contributed by atoms with Crippen molar-refractivity contribution in [1.29, 1.82) is 0 Å². The molecule has 0 radical (unpaired) electrons. The van der Waals surface area contributed by atoms with E-state index in [0.29, 0.717) is 5.69 Å². The molecule has 8 heteroatoms. The van der Waals surface area contributed by atoms with Gasteiger partial charge in [0.2, 0.25) is 5.91 Å². The molecule has 134 valence electrons. The summed E-state index contributed by atoms with van der Waals surface area (Å²) < 4.78 is 4.88. The van der Waals surface area contributed by atoms with Crippen LogP contribution in [0.4, 0.5) is 10.5 Å². The maximum atomic E-state index is 11.9. The fraction of sp³-hybridized carbons (Fsp3) is 0.412. The second kappa shape index (κ2) is 8.81. The molecule has 1 aliphatic carbocycles. The second-order valence-electron chi connectivity index (χ2n) is 5.84. The van der Waals surface area contributed by atoms with Crippen molar-refractivity contribution >= 4 is 29.5 Å². The number of hydrogen-bond acceptors (Lipinski definition) is 5. The van der Waals surface area contributed by atoms with Crippen molar-refractivity contribution in [1.82, 2.24) is 10.6 Å². The molecule has 0 aliphatic heterocycles. The van der Waals surface area contributed by atoms with Crippen LogP contribution in [0.1, 0.15) is 43.0 Å². The number of rotatable bonds is 5. The summed E-state index contributed by atoms with van der Waals surface area (Å²) >= 11 is 0. The molecule has 0 saturated heterocycles. The van der Waals surface area contributed by atoms with Gasteiger partial charge in [0.05, 0.1) is 5.56 Å². The van der Waals surface area contributed by atoms with Gasteiger partial charge >= 0.3 is 12.0 Å². The van der Waals surface area contributed by atoms with Gasteiger partial charge in [-0.15, -0.1) is 0 Å². The average Bonchev–Trinajstić information content (AvgIpc) is 3.05. The minimum Gasteiger partial charge on any atom is -0.452 e. The first-order valence-corrected chi connectivity index (χ1v) is 8.09. The number of esters is 1. The number of ether oxygens (including phenoxy) is 1. The van der Waals surface area contributed by atoms with Crippen molar-refractivity contribution in [2.45, 2.75) is 38.6 Å². The molecule has 3 N–H and O–H groups in total. The zero-order chi connectivity index (χ0) is 18.2. The van der Waals surface area contributed by atoms with Crippen LogP contribution in [0, 0.1) is 0 Å². The lowest BCUT2D eigenvalue weighted by Gasteiger charge is -2.12. The molecule has 0 spiro atoms. The smallest absolute Gasteiger partial charge is 0.338 e. The predicted octanol–water partition coefficient (Wildman–Crippen LogP) is 1.57. The van der Waals surface area contributed by atoms with Gasteiger partial charge in [0.15, 0.2) is 6.61 Å². The molecular weight excluding hydrogens is 326 g/mol. The van der Waals surface area contributed by atoms with Gasteiger partial charge in [0.25, 0.3) is 5.91 Å². The molecule has 8 nitrogen and oxygen atoms in total. The van der Waals surface area contributed by atoms with Crippen LogP contribution >= 0.6 is 0 Å². The topological polar surface area (TPSA) is 114 Å². The lowest BCUT2D eigenvalue weighted by molar-refractivity contribution is -0.123. The largest absolute Gasteiger partial charge is 0.452 e. The van der Waals surface area contributed by atoms with Crippen molar-refractivity contribution in [2.75, 3.05) is 11.9 Å². The molecule has 0 aromatic heterocycles. The van der Waals surface area contributed by atoms with Gasteiger partial charge in [-0.25, -0.2) is 9.59 Å². The minimum atomic E-state index is -0.724. The van der Waals surface area contributed by atoms with Gasteiger partial charge in [0.1, 0.15) is 0 Å². The highest BCUT2D eigenvalue weighted by molar-refractivity contribution is 5.97. The van der Waals surface area contributed by atoms with Gasteiger partial charge in [-0.1, -0.05) is 18.9 Å². The standard InChI is InChI=1S/C17H21N3O5/c1-11(21)18-14-8-4-5-12(9-14)16(23)25-10-15(22)20-17(24)19-13-6-2-3-7-13/h4-5,8-9,13H,2-3,6-7,10H2,1H3,(H,18,21)(H2,19,20,22,24).